The SMILES string of the molecule is CC1=C(C(=O)OC(C)C)C(c2cccc(NC(=O)c3ccco3)c2)NC(=O)N1C. The summed E-state index contributed by atoms with van der Waals surface area (Å²) in [6.45, 7) is 5.22. The molecule has 3 amide bonds. The Morgan fingerprint density at radius 3 is 2.66 bits per heavy atom. The first-order chi connectivity index (χ1) is 13.8. The molecule has 1 aromatic heterocycles. The molecular formula is C21H23N3O5. The van der Waals surface area contributed by atoms with Crippen LogP contribution in [0.4, 0.5) is 10.5 Å². The molecule has 0 radical (unpaired) electrons. The number of nitrogens with zero attached hydrogens (tertiary/aromatic N) is 1. The summed E-state index contributed by atoms with van der Waals surface area (Å²) in [5.74, 6) is -0.718. The van der Waals surface area contributed by atoms with Crippen LogP contribution in [0.25, 0.3) is 0 Å². The highest BCUT2D eigenvalue weighted by molar-refractivity contribution is 6.02. The Balaban J connectivity index is 1.93. The van der Waals surface area contributed by atoms with Gasteiger partial charge in [0.05, 0.1) is 24.0 Å². The van der Waals surface area contributed by atoms with Crippen LogP contribution >= 0.6 is 0 Å². The van der Waals surface area contributed by atoms with Crippen molar-refractivity contribution >= 4 is 23.6 Å². The molecule has 0 saturated carbocycles. The minimum absolute atomic E-state index is 0.180. The Kier molecular flexibility index (Phi) is 5.72. The van der Waals surface area contributed by atoms with Crippen molar-refractivity contribution in [2.45, 2.75) is 32.9 Å². The van der Waals surface area contributed by atoms with Crippen molar-refractivity contribution in [3.05, 3.63) is 65.3 Å². The molecule has 0 spiro atoms. The van der Waals surface area contributed by atoms with Gasteiger partial charge in [0, 0.05) is 18.4 Å². The summed E-state index contributed by atoms with van der Waals surface area (Å²) < 4.78 is 10.5. The number of furan rings is 1. The molecule has 1 unspecified atom stereocenters. The largest absolute Gasteiger partial charge is 0.459 e. The molecule has 0 fully saturated rings. The van der Waals surface area contributed by atoms with Crippen molar-refractivity contribution in [3.63, 3.8) is 0 Å². The number of esters is 1. The van der Waals surface area contributed by atoms with Crippen LogP contribution in [0.15, 0.2) is 58.3 Å². The first-order valence-corrected chi connectivity index (χ1v) is 9.18. The van der Waals surface area contributed by atoms with Crippen LogP contribution in [-0.4, -0.2) is 36.0 Å². The second-order valence-corrected chi connectivity index (χ2v) is 6.95. The van der Waals surface area contributed by atoms with E-state index in [9.17, 15) is 14.4 Å². The Morgan fingerprint density at radius 2 is 2.00 bits per heavy atom. The van der Waals surface area contributed by atoms with Crippen molar-refractivity contribution in [2.75, 3.05) is 12.4 Å². The summed E-state index contributed by atoms with van der Waals surface area (Å²) in [7, 11) is 1.59. The molecule has 8 nitrogen and oxygen atoms in total. The molecule has 2 aromatic rings. The third kappa shape index (κ3) is 4.31. The fourth-order valence-corrected chi connectivity index (χ4v) is 3.02. The number of hydrogen-bond donors (Lipinski definition) is 2. The van der Waals surface area contributed by atoms with E-state index in [1.165, 1.54) is 11.2 Å². The predicted molar refractivity (Wildman–Crippen MR) is 106 cm³/mol. The quantitative estimate of drug-likeness (QED) is 0.753. The standard InChI is InChI=1S/C21H23N3O5/c1-12(2)29-20(26)17-13(3)24(4)21(27)23-18(17)14-7-5-8-15(11-14)22-19(25)16-9-6-10-28-16/h5-12,18H,1-4H3,(H,22,25)(H,23,27). The molecule has 29 heavy (non-hydrogen) atoms. The number of nitrogens with one attached hydrogen (secondary N) is 2. The summed E-state index contributed by atoms with van der Waals surface area (Å²) in [6.07, 6.45) is 1.12. The molecular weight excluding hydrogens is 374 g/mol. The number of rotatable bonds is 5. The van der Waals surface area contributed by atoms with Crippen LogP contribution in [0.3, 0.4) is 0 Å². The van der Waals surface area contributed by atoms with Gasteiger partial charge in [-0.3, -0.25) is 4.79 Å². The first kappa shape index (κ1) is 20.2. The lowest BCUT2D eigenvalue weighted by Crippen LogP contribution is -2.46. The van der Waals surface area contributed by atoms with Gasteiger partial charge in [0.15, 0.2) is 5.76 Å². The Hall–Kier alpha value is -3.55. The maximum atomic E-state index is 12.7. The third-order valence-electron chi connectivity index (χ3n) is 4.54. The van der Waals surface area contributed by atoms with Crippen LogP contribution < -0.4 is 10.6 Å². The molecule has 2 heterocycles. The van der Waals surface area contributed by atoms with Gasteiger partial charge in [0.25, 0.3) is 5.91 Å². The lowest BCUT2D eigenvalue weighted by molar-refractivity contribution is -0.143. The third-order valence-corrected chi connectivity index (χ3v) is 4.54. The fraction of sp³-hybridized carbons (Fsp3) is 0.286. The van der Waals surface area contributed by atoms with Gasteiger partial charge in [0.2, 0.25) is 0 Å². The summed E-state index contributed by atoms with van der Waals surface area (Å²) in [5, 5.41) is 5.57. The molecule has 0 saturated heterocycles. The van der Waals surface area contributed by atoms with E-state index in [1.54, 1.807) is 64.2 Å². The zero-order valence-electron chi connectivity index (χ0n) is 16.7. The van der Waals surface area contributed by atoms with E-state index >= 15 is 0 Å². The predicted octanol–water partition coefficient (Wildman–Crippen LogP) is 3.45. The van der Waals surface area contributed by atoms with Gasteiger partial charge in [-0.1, -0.05) is 12.1 Å². The monoisotopic (exact) mass is 397 g/mol. The Labute approximate surface area is 168 Å². The van der Waals surface area contributed by atoms with Gasteiger partial charge in [-0.2, -0.15) is 0 Å². The van der Waals surface area contributed by atoms with Gasteiger partial charge in [0.1, 0.15) is 0 Å². The lowest BCUT2D eigenvalue weighted by Gasteiger charge is -2.33. The second kappa shape index (κ2) is 8.22. The average molecular weight is 397 g/mol. The minimum atomic E-state index is -0.703. The highest BCUT2D eigenvalue weighted by Gasteiger charge is 2.35. The van der Waals surface area contributed by atoms with Gasteiger partial charge in [-0.05, 0) is 50.6 Å². The average Bonchev–Trinajstić information content (AvgIpc) is 3.20. The zero-order valence-corrected chi connectivity index (χ0v) is 16.7. The molecule has 0 bridgehead atoms. The van der Waals surface area contributed by atoms with Crippen molar-refractivity contribution in [1.82, 2.24) is 10.2 Å². The van der Waals surface area contributed by atoms with E-state index < -0.39 is 17.9 Å². The van der Waals surface area contributed by atoms with Crippen LogP contribution in [0.5, 0.6) is 0 Å². The smallest absolute Gasteiger partial charge is 0.338 e. The van der Waals surface area contributed by atoms with Crippen molar-refractivity contribution in [1.29, 1.82) is 0 Å². The van der Waals surface area contributed by atoms with Gasteiger partial charge >= 0.3 is 12.0 Å². The summed E-state index contributed by atoms with van der Waals surface area (Å²) in [4.78, 5) is 38.7. The molecule has 8 heteroatoms. The summed E-state index contributed by atoms with van der Waals surface area (Å²) >= 11 is 0. The van der Waals surface area contributed by atoms with Crippen molar-refractivity contribution in [2.24, 2.45) is 0 Å². The number of urea groups is 1. The zero-order chi connectivity index (χ0) is 21.1. The molecule has 0 aliphatic carbocycles. The number of amides is 3. The number of carbonyl (C=O) groups is 3. The topological polar surface area (TPSA) is 101 Å². The van der Waals surface area contributed by atoms with E-state index in [0.29, 0.717) is 22.5 Å². The van der Waals surface area contributed by atoms with E-state index in [-0.39, 0.29) is 17.9 Å². The van der Waals surface area contributed by atoms with Gasteiger partial charge < -0.3 is 24.7 Å². The van der Waals surface area contributed by atoms with Gasteiger partial charge in [-0.15, -0.1) is 0 Å². The van der Waals surface area contributed by atoms with Crippen molar-refractivity contribution in [3.8, 4) is 0 Å². The minimum Gasteiger partial charge on any atom is -0.459 e. The number of ether oxygens (including phenoxy) is 1. The normalized spacial score (nSPS) is 16.7. The fourth-order valence-electron chi connectivity index (χ4n) is 3.02. The van der Waals surface area contributed by atoms with Crippen LogP contribution in [0.2, 0.25) is 0 Å². The van der Waals surface area contributed by atoms with E-state index in [2.05, 4.69) is 10.6 Å². The number of allylic oxidation sites excluding steroid dienone is 1. The highest BCUT2D eigenvalue weighted by atomic mass is 16.5. The molecule has 2 N–H and O–H groups in total. The number of carbonyl (C=O) groups excluding carboxylic acids is 3. The highest BCUT2D eigenvalue weighted by Crippen LogP contribution is 2.32. The molecule has 1 atom stereocenters. The lowest BCUT2D eigenvalue weighted by atomic mass is 9.94. The molecule has 1 aromatic carbocycles. The van der Waals surface area contributed by atoms with Crippen LogP contribution in [0, 0.1) is 0 Å². The number of benzene rings is 1. The van der Waals surface area contributed by atoms with E-state index in [4.69, 9.17) is 9.15 Å². The maximum Gasteiger partial charge on any atom is 0.338 e. The van der Waals surface area contributed by atoms with Gasteiger partial charge in [-0.25, -0.2) is 9.59 Å². The molecule has 3 rings (SSSR count). The van der Waals surface area contributed by atoms with Crippen LogP contribution in [-0.2, 0) is 9.53 Å². The summed E-state index contributed by atoms with van der Waals surface area (Å²) in [5.41, 5.74) is 2.00. The maximum absolute atomic E-state index is 12.7. The van der Waals surface area contributed by atoms with E-state index in [0.717, 1.165) is 0 Å². The number of hydrogen-bond acceptors (Lipinski definition) is 5. The summed E-state index contributed by atoms with van der Waals surface area (Å²) in [6, 6.07) is 9.07. The molecule has 1 aliphatic heterocycles. The Morgan fingerprint density at radius 1 is 1.24 bits per heavy atom. The Bertz CT molecular complexity index is 962. The van der Waals surface area contributed by atoms with E-state index in [1.807, 2.05) is 0 Å². The molecule has 1 aliphatic rings. The van der Waals surface area contributed by atoms with Crippen molar-refractivity contribution < 1.29 is 23.5 Å². The second-order valence-electron chi connectivity index (χ2n) is 6.95. The first-order valence-electron chi connectivity index (χ1n) is 9.18. The molecule has 152 valence electrons. The van der Waals surface area contributed by atoms with Crippen LogP contribution in [0.1, 0.15) is 42.9 Å². The number of anilines is 1.